The second kappa shape index (κ2) is 8.92. The van der Waals surface area contributed by atoms with Gasteiger partial charge in [-0.25, -0.2) is 4.63 Å². The highest BCUT2D eigenvalue weighted by atomic mass is 16.6. The summed E-state index contributed by atoms with van der Waals surface area (Å²) < 4.78 is 10.4. The van der Waals surface area contributed by atoms with Gasteiger partial charge in [0.25, 0.3) is 0 Å². The number of aromatic nitrogens is 2. The Hall–Kier alpha value is -2.37. The number of amides is 1. The quantitative estimate of drug-likeness (QED) is 0.706. The van der Waals surface area contributed by atoms with Crippen molar-refractivity contribution in [1.82, 2.24) is 10.3 Å². The minimum Gasteiger partial charge on any atom is -0.494 e. The van der Waals surface area contributed by atoms with Crippen LogP contribution in [0.15, 0.2) is 28.9 Å². The minimum atomic E-state index is -0.0803. The fraction of sp³-hybridized carbons (Fsp3) is 0.471. The highest BCUT2D eigenvalue weighted by Crippen LogP contribution is 2.26. The largest absolute Gasteiger partial charge is 0.494 e. The fourth-order valence-electron chi connectivity index (χ4n) is 2.04. The van der Waals surface area contributed by atoms with Crippen LogP contribution in [0.1, 0.15) is 46.0 Å². The smallest absolute Gasteiger partial charge is 0.225 e. The van der Waals surface area contributed by atoms with E-state index in [0.29, 0.717) is 24.5 Å². The highest BCUT2D eigenvalue weighted by molar-refractivity contribution is 5.92. The first kappa shape index (κ1) is 17.0. The molecule has 0 aliphatic rings. The highest BCUT2D eigenvalue weighted by Gasteiger charge is 2.14. The summed E-state index contributed by atoms with van der Waals surface area (Å²) in [6, 6.07) is 7.51. The lowest BCUT2D eigenvalue weighted by atomic mass is 10.1. The van der Waals surface area contributed by atoms with Gasteiger partial charge in [-0.1, -0.05) is 26.7 Å². The molecule has 1 heterocycles. The summed E-state index contributed by atoms with van der Waals surface area (Å²) in [5, 5.41) is 10.4. The monoisotopic (exact) mass is 317 g/mol. The maximum absolute atomic E-state index is 11.8. The van der Waals surface area contributed by atoms with Crippen LogP contribution in [-0.2, 0) is 4.79 Å². The number of unbranched alkanes of at least 4 members (excludes halogenated alkanes) is 2. The third-order valence-corrected chi connectivity index (χ3v) is 3.40. The van der Waals surface area contributed by atoms with E-state index in [1.165, 1.54) is 0 Å². The molecule has 6 heteroatoms. The van der Waals surface area contributed by atoms with Crippen LogP contribution in [-0.4, -0.2) is 22.8 Å². The van der Waals surface area contributed by atoms with E-state index >= 15 is 0 Å². The zero-order valence-corrected chi connectivity index (χ0v) is 13.7. The van der Waals surface area contributed by atoms with Gasteiger partial charge in [0.1, 0.15) is 5.75 Å². The van der Waals surface area contributed by atoms with Gasteiger partial charge in [-0.05, 0) is 47.4 Å². The predicted molar refractivity (Wildman–Crippen MR) is 88.3 cm³/mol. The lowest BCUT2D eigenvalue weighted by Crippen LogP contribution is -2.11. The summed E-state index contributed by atoms with van der Waals surface area (Å²) in [7, 11) is 0. The van der Waals surface area contributed by atoms with Gasteiger partial charge in [0, 0.05) is 12.0 Å². The normalized spacial score (nSPS) is 10.5. The first-order chi connectivity index (χ1) is 11.2. The number of nitrogens with one attached hydrogen (secondary N) is 1. The molecule has 1 aromatic carbocycles. The van der Waals surface area contributed by atoms with Crippen molar-refractivity contribution in [3.8, 4) is 17.0 Å². The molecule has 1 aromatic heterocycles. The number of hydrogen-bond donors (Lipinski definition) is 1. The number of hydrogen-bond acceptors (Lipinski definition) is 5. The van der Waals surface area contributed by atoms with E-state index in [9.17, 15) is 4.79 Å². The summed E-state index contributed by atoms with van der Waals surface area (Å²) in [6.07, 6.45) is 4.41. The Kier molecular flexibility index (Phi) is 6.59. The van der Waals surface area contributed by atoms with Crippen LogP contribution >= 0.6 is 0 Å². The minimum absolute atomic E-state index is 0.0803. The van der Waals surface area contributed by atoms with Crippen LogP contribution in [0.2, 0.25) is 0 Å². The zero-order valence-electron chi connectivity index (χ0n) is 13.7. The maximum Gasteiger partial charge on any atom is 0.225 e. The van der Waals surface area contributed by atoms with Gasteiger partial charge in [0.05, 0.1) is 6.61 Å². The molecular formula is C17H23N3O3. The van der Waals surface area contributed by atoms with E-state index in [-0.39, 0.29) is 5.91 Å². The standard InChI is InChI=1S/C17H23N3O3/c1-3-5-7-15(21)18-17-16(19-23-20-17)13-8-10-14(11-9-13)22-12-6-4-2/h8-11H,3-7,12H2,1-2H3,(H,18,20,21). The maximum atomic E-state index is 11.8. The summed E-state index contributed by atoms with van der Waals surface area (Å²) >= 11 is 0. The van der Waals surface area contributed by atoms with Gasteiger partial charge >= 0.3 is 0 Å². The van der Waals surface area contributed by atoms with Crippen molar-refractivity contribution >= 4 is 11.7 Å². The molecule has 0 saturated carbocycles. The number of rotatable bonds is 9. The van der Waals surface area contributed by atoms with Crippen molar-refractivity contribution in [3.63, 3.8) is 0 Å². The average molecular weight is 317 g/mol. The van der Waals surface area contributed by atoms with Crippen molar-refractivity contribution in [2.45, 2.75) is 46.0 Å². The predicted octanol–water partition coefficient (Wildman–Crippen LogP) is 4.04. The summed E-state index contributed by atoms with van der Waals surface area (Å²) in [6.45, 7) is 4.88. The molecule has 0 fully saturated rings. The Morgan fingerprint density at radius 1 is 1.13 bits per heavy atom. The molecule has 124 valence electrons. The van der Waals surface area contributed by atoms with Gasteiger partial charge in [0.15, 0.2) is 5.69 Å². The van der Waals surface area contributed by atoms with E-state index in [2.05, 4.69) is 22.6 Å². The molecule has 1 N–H and O–H groups in total. The van der Waals surface area contributed by atoms with Crippen molar-refractivity contribution in [2.75, 3.05) is 11.9 Å². The summed E-state index contributed by atoms with van der Waals surface area (Å²) in [5.74, 6) is 1.08. The Morgan fingerprint density at radius 2 is 1.87 bits per heavy atom. The third-order valence-electron chi connectivity index (χ3n) is 3.40. The average Bonchev–Trinajstić information content (AvgIpc) is 3.02. The first-order valence-corrected chi connectivity index (χ1v) is 8.10. The van der Waals surface area contributed by atoms with Crippen LogP contribution in [0, 0.1) is 0 Å². The van der Waals surface area contributed by atoms with E-state index < -0.39 is 0 Å². The Balaban J connectivity index is 2.02. The molecule has 0 bridgehead atoms. The van der Waals surface area contributed by atoms with Gasteiger partial charge in [-0.2, -0.15) is 0 Å². The summed E-state index contributed by atoms with van der Waals surface area (Å²) in [4.78, 5) is 11.8. The van der Waals surface area contributed by atoms with Gasteiger partial charge in [0.2, 0.25) is 11.7 Å². The van der Waals surface area contributed by atoms with E-state index in [1.54, 1.807) is 0 Å². The SMILES string of the molecule is CCCCOc1ccc(-c2nonc2NC(=O)CCCC)cc1. The molecule has 6 nitrogen and oxygen atoms in total. The molecule has 0 unspecified atom stereocenters. The molecule has 0 aliphatic carbocycles. The van der Waals surface area contributed by atoms with Crippen LogP contribution in [0.5, 0.6) is 5.75 Å². The number of benzene rings is 1. The molecule has 2 rings (SSSR count). The van der Waals surface area contributed by atoms with E-state index in [4.69, 9.17) is 9.37 Å². The van der Waals surface area contributed by atoms with Crippen molar-refractivity contribution in [2.24, 2.45) is 0 Å². The lowest BCUT2D eigenvalue weighted by Gasteiger charge is -2.06. The van der Waals surface area contributed by atoms with Gasteiger partial charge in [-0.3, -0.25) is 4.79 Å². The molecular weight excluding hydrogens is 294 g/mol. The molecule has 0 radical (unpaired) electrons. The van der Waals surface area contributed by atoms with Gasteiger partial charge < -0.3 is 10.1 Å². The molecule has 0 atom stereocenters. The van der Waals surface area contributed by atoms with Crippen LogP contribution in [0.25, 0.3) is 11.3 Å². The van der Waals surface area contributed by atoms with Crippen LogP contribution in [0.3, 0.4) is 0 Å². The molecule has 0 aliphatic heterocycles. The summed E-state index contributed by atoms with van der Waals surface area (Å²) in [5.41, 5.74) is 1.34. The topological polar surface area (TPSA) is 77.2 Å². The van der Waals surface area contributed by atoms with E-state index in [1.807, 2.05) is 31.2 Å². The Bertz CT molecular complexity index is 608. The molecule has 23 heavy (non-hydrogen) atoms. The number of anilines is 1. The first-order valence-electron chi connectivity index (χ1n) is 8.10. The molecule has 0 spiro atoms. The second-order valence-electron chi connectivity index (χ2n) is 5.34. The number of carbonyl (C=O) groups excluding carboxylic acids is 1. The fourth-order valence-corrected chi connectivity index (χ4v) is 2.04. The molecule has 2 aromatic rings. The Morgan fingerprint density at radius 3 is 2.57 bits per heavy atom. The van der Waals surface area contributed by atoms with Gasteiger partial charge in [-0.15, -0.1) is 0 Å². The van der Waals surface area contributed by atoms with Crippen LogP contribution < -0.4 is 10.1 Å². The number of nitrogens with zero attached hydrogens (tertiary/aromatic N) is 2. The Labute approximate surface area is 136 Å². The third kappa shape index (κ3) is 5.09. The number of ether oxygens (including phenoxy) is 1. The van der Waals surface area contributed by atoms with Crippen molar-refractivity contribution in [1.29, 1.82) is 0 Å². The molecule has 1 amide bonds. The van der Waals surface area contributed by atoms with Crippen molar-refractivity contribution < 1.29 is 14.2 Å². The zero-order chi connectivity index (χ0) is 16.5. The molecule has 0 saturated heterocycles. The lowest BCUT2D eigenvalue weighted by molar-refractivity contribution is -0.116. The van der Waals surface area contributed by atoms with E-state index in [0.717, 1.165) is 37.0 Å². The number of carbonyl (C=O) groups is 1. The van der Waals surface area contributed by atoms with Crippen LogP contribution in [0.4, 0.5) is 5.82 Å². The second-order valence-corrected chi connectivity index (χ2v) is 5.34. The van der Waals surface area contributed by atoms with Crippen molar-refractivity contribution in [3.05, 3.63) is 24.3 Å².